The molecule has 0 aromatic rings. The molecule has 0 aromatic carbocycles. The van der Waals surface area contributed by atoms with Crippen molar-refractivity contribution in [2.75, 3.05) is 13.7 Å². The minimum absolute atomic E-state index is 0.182. The summed E-state index contributed by atoms with van der Waals surface area (Å²) in [5.41, 5.74) is 24.1. The molecule has 0 amide bonds. The SMILES string of the molecule is CN[C@@H]1[C@@H](O[C@H]2C[C@H](CO)[C@@H](N)[C@H](O)[C@H]2O)O[C@H]2C[C@@H](N)[C@@H](O[C@H]3[C@H](O)[C@@H](O)[C@H](N)C[C@@H]3N)O[C@@H]2[C@@H]1O. The Hall–Kier alpha value is -0.600. The minimum Gasteiger partial charge on any atom is -0.396 e. The summed E-state index contributed by atoms with van der Waals surface area (Å²) >= 11 is 0. The zero-order valence-electron chi connectivity index (χ0n) is 20.8. The fraction of sp³-hybridized carbons (Fsp3) is 1.00. The lowest BCUT2D eigenvalue weighted by atomic mass is 9.79. The number of aliphatic hydroxyl groups is 6. The molecular weight excluding hydrogens is 494 g/mol. The number of nitrogens with two attached hydrogens (primary N) is 4. The predicted molar refractivity (Wildman–Crippen MR) is 126 cm³/mol. The van der Waals surface area contributed by atoms with Crippen molar-refractivity contribution in [3.63, 3.8) is 0 Å². The molecule has 0 aromatic heterocycles. The molecule has 4 fully saturated rings. The topological polar surface area (TPSA) is 274 Å². The summed E-state index contributed by atoms with van der Waals surface area (Å²) in [5.74, 6) is -0.489. The molecule has 17 atom stereocenters. The lowest BCUT2D eigenvalue weighted by molar-refractivity contribution is -0.344. The second-order valence-electron chi connectivity index (χ2n) is 10.8. The third-order valence-corrected chi connectivity index (χ3v) is 8.28. The number of likely N-dealkylation sites (N-methyl/N-ethyl adjacent to an activating group) is 1. The average molecular weight is 538 g/mol. The molecule has 37 heavy (non-hydrogen) atoms. The van der Waals surface area contributed by atoms with Crippen LogP contribution in [0.2, 0.25) is 0 Å². The summed E-state index contributed by atoms with van der Waals surface area (Å²) in [4.78, 5) is 0. The summed E-state index contributed by atoms with van der Waals surface area (Å²) in [6.07, 6.45) is -11.3. The van der Waals surface area contributed by atoms with Crippen LogP contribution in [0.4, 0.5) is 0 Å². The number of hydrogen-bond donors (Lipinski definition) is 11. The van der Waals surface area contributed by atoms with Crippen LogP contribution < -0.4 is 28.3 Å². The van der Waals surface area contributed by atoms with Crippen LogP contribution >= 0.6 is 0 Å². The number of ether oxygens (including phenoxy) is 4. The van der Waals surface area contributed by atoms with Gasteiger partial charge in [0.1, 0.15) is 30.5 Å². The Kier molecular flexibility index (Phi) is 9.43. The smallest absolute Gasteiger partial charge is 0.176 e. The molecule has 2 aliphatic carbocycles. The van der Waals surface area contributed by atoms with E-state index < -0.39 is 104 Å². The highest BCUT2D eigenvalue weighted by Gasteiger charge is 2.53. The molecule has 0 unspecified atom stereocenters. The van der Waals surface area contributed by atoms with E-state index >= 15 is 0 Å². The number of rotatable bonds is 6. The quantitative estimate of drug-likeness (QED) is 0.150. The van der Waals surface area contributed by atoms with E-state index in [1.165, 1.54) is 0 Å². The van der Waals surface area contributed by atoms with Crippen LogP contribution in [0.15, 0.2) is 0 Å². The van der Waals surface area contributed by atoms with Crippen LogP contribution in [0.1, 0.15) is 19.3 Å². The Morgan fingerprint density at radius 1 is 0.757 bits per heavy atom. The van der Waals surface area contributed by atoms with Gasteiger partial charge in [-0.25, -0.2) is 0 Å². The van der Waals surface area contributed by atoms with Gasteiger partial charge in [0.15, 0.2) is 12.6 Å². The predicted octanol–water partition coefficient (Wildman–Crippen LogP) is -6.29. The first kappa shape index (κ1) is 29.4. The molecule has 0 radical (unpaired) electrons. The first-order valence-electron chi connectivity index (χ1n) is 12.8. The van der Waals surface area contributed by atoms with Gasteiger partial charge in [0.05, 0.1) is 36.5 Å². The third kappa shape index (κ3) is 5.68. The van der Waals surface area contributed by atoms with Gasteiger partial charge in [0, 0.05) is 30.7 Å². The lowest BCUT2D eigenvalue weighted by Gasteiger charge is -2.51. The monoisotopic (exact) mass is 537 g/mol. The highest BCUT2D eigenvalue weighted by atomic mass is 16.7. The molecule has 2 aliphatic heterocycles. The van der Waals surface area contributed by atoms with Crippen molar-refractivity contribution < 1.29 is 49.6 Å². The van der Waals surface area contributed by atoms with Crippen LogP contribution in [0.5, 0.6) is 0 Å². The maximum absolute atomic E-state index is 11.2. The molecule has 4 rings (SSSR count). The highest BCUT2D eigenvalue weighted by Crippen LogP contribution is 2.36. The number of hydrogen-bond acceptors (Lipinski definition) is 15. The van der Waals surface area contributed by atoms with Gasteiger partial charge in [-0.15, -0.1) is 0 Å². The second kappa shape index (κ2) is 11.9. The van der Waals surface area contributed by atoms with E-state index in [0.717, 1.165) is 0 Å². The van der Waals surface area contributed by atoms with Crippen LogP contribution in [0.3, 0.4) is 0 Å². The van der Waals surface area contributed by atoms with Gasteiger partial charge >= 0.3 is 0 Å². The fourth-order valence-corrected chi connectivity index (χ4v) is 5.92. The van der Waals surface area contributed by atoms with Gasteiger partial charge < -0.3 is 77.8 Å². The third-order valence-electron chi connectivity index (χ3n) is 8.28. The molecular formula is C22H43N5O10. The molecule has 0 spiro atoms. The van der Waals surface area contributed by atoms with Crippen LogP contribution in [0, 0.1) is 5.92 Å². The average Bonchev–Trinajstić information content (AvgIpc) is 2.86. The van der Waals surface area contributed by atoms with E-state index in [4.69, 9.17) is 41.9 Å². The zero-order chi connectivity index (χ0) is 27.2. The fourth-order valence-electron chi connectivity index (χ4n) is 5.92. The maximum Gasteiger partial charge on any atom is 0.176 e. The Morgan fingerprint density at radius 3 is 2.11 bits per heavy atom. The molecule has 216 valence electrons. The molecule has 2 saturated heterocycles. The first-order chi connectivity index (χ1) is 17.5. The van der Waals surface area contributed by atoms with Crippen molar-refractivity contribution in [2.24, 2.45) is 28.9 Å². The Bertz CT molecular complexity index is 755. The van der Waals surface area contributed by atoms with Crippen LogP contribution in [-0.2, 0) is 18.9 Å². The van der Waals surface area contributed by atoms with E-state index in [1.807, 2.05) is 0 Å². The van der Waals surface area contributed by atoms with Crippen LogP contribution in [0.25, 0.3) is 0 Å². The lowest BCUT2D eigenvalue weighted by Crippen LogP contribution is -2.70. The van der Waals surface area contributed by atoms with Gasteiger partial charge in [0.2, 0.25) is 0 Å². The van der Waals surface area contributed by atoms with E-state index in [1.54, 1.807) is 7.05 Å². The second-order valence-corrected chi connectivity index (χ2v) is 10.8. The Labute approximate surface area is 215 Å². The van der Waals surface area contributed by atoms with Crippen molar-refractivity contribution in [1.82, 2.24) is 5.32 Å². The summed E-state index contributed by atoms with van der Waals surface area (Å²) in [6, 6.07) is -3.69. The molecule has 2 saturated carbocycles. The summed E-state index contributed by atoms with van der Waals surface area (Å²) in [7, 11) is 1.59. The van der Waals surface area contributed by atoms with E-state index in [9.17, 15) is 30.6 Å². The largest absolute Gasteiger partial charge is 0.396 e. The molecule has 4 aliphatic rings. The molecule has 15 N–H and O–H groups in total. The van der Waals surface area contributed by atoms with Crippen molar-refractivity contribution in [3.05, 3.63) is 0 Å². The van der Waals surface area contributed by atoms with Gasteiger partial charge in [0.25, 0.3) is 0 Å². The summed E-state index contributed by atoms with van der Waals surface area (Å²) in [5, 5.41) is 65.2. The Balaban J connectivity index is 1.43. The van der Waals surface area contributed by atoms with Gasteiger partial charge in [-0.2, -0.15) is 0 Å². The van der Waals surface area contributed by atoms with Gasteiger partial charge in [-0.05, 0) is 26.3 Å². The zero-order valence-corrected chi connectivity index (χ0v) is 20.8. The van der Waals surface area contributed by atoms with Crippen molar-refractivity contribution in [1.29, 1.82) is 0 Å². The first-order valence-corrected chi connectivity index (χ1v) is 12.8. The number of aliphatic hydroxyl groups excluding tert-OH is 6. The van der Waals surface area contributed by atoms with Crippen molar-refractivity contribution >= 4 is 0 Å². The van der Waals surface area contributed by atoms with E-state index in [-0.39, 0.29) is 25.9 Å². The van der Waals surface area contributed by atoms with Crippen molar-refractivity contribution in [3.8, 4) is 0 Å². The van der Waals surface area contributed by atoms with E-state index in [0.29, 0.717) is 0 Å². The normalized spacial score (nSPS) is 55.1. The maximum atomic E-state index is 11.2. The molecule has 2 heterocycles. The van der Waals surface area contributed by atoms with Crippen LogP contribution in [-0.4, -0.2) is 142 Å². The standard InChI is InChI=1S/C22H43N5O10/c1-27-13-17(32)20-11(35-22(13)34-10-2-6(5-28)12(26)16(31)15(10)30)4-9(25)21(37-20)36-19-8(24)3-7(23)14(29)18(19)33/h6-22,27-33H,2-5,23-26H2,1H3/t6-,7-,8+,9-,10+,11+,12-,13+,14+,15+,16+,17-,18-,19-,20+,21+,22+/m1/s1. The van der Waals surface area contributed by atoms with E-state index in [2.05, 4.69) is 5.32 Å². The number of fused-ring (bicyclic) bond motifs is 1. The summed E-state index contributed by atoms with van der Waals surface area (Å²) in [6.45, 7) is -0.286. The molecule has 0 bridgehead atoms. The van der Waals surface area contributed by atoms with Gasteiger partial charge in [-0.3, -0.25) is 0 Å². The minimum atomic E-state index is -1.34. The Morgan fingerprint density at radius 2 is 1.46 bits per heavy atom. The highest BCUT2D eigenvalue weighted by molar-refractivity contribution is 5.02. The number of nitrogens with one attached hydrogen (secondary N) is 1. The summed E-state index contributed by atoms with van der Waals surface area (Å²) < 4.78 is 24.0. The van der Waals surface area contributed by atoms with Crippen molar-refractivity contribution in [2.45, 2.75) is 117 Å². The molecule has 15 nitrogen and oxygen atoms in total. The van der Waals surface area contributed by atoms with Gasteiger partial charge in [-0.1, -0.05) is 0 Å². The molecule has 15 heteroatoms.